The highest BCUT2D eigenvalue weighted by Gasteiger charge is 2.52. The summed E-state index contributed by atoms with van der Waals surface area (Å²) in [7, 11) is 0. The summed E-state index contributed by atoms with van der Waals surface area (Å²) in [5, 5.41) is 0. The molecule has 0 radical (unpaired) electrons. The number of imide groups is 1. The standard InChI is InChI=1S/C16H23NO3/c1-16(2,3)20-15(19)17-13(18)9-11-8-10-6-4-5-7-12(10)14(11)17/h7,10-11,14H,4-6,8-9H2,1-3H3. The molecule has 2 fully saturated rings. The summed E-state index contributed by atoms with van der Waals surface area (Å²) in [4.78, 5) is 25.9. The molecular weight excluding hydrogens is 254 g/mol. The first kappa shape index (κ1) is 13.7. The Morgan fingerprint density at radius 2 is 2.15 bits per heavy atom. The van der Waals surface area contributed by atoms with Crippen LogP contribution in [0.1, 0.15) is 52.9 Å². The lowest BCUT2D eigenvalue weighted by Gasteiger charge is -2.29. The maximum atomic E-state index is 12.3. The van der Waals surface area contributed by atoms with Gasteiger partial charge in [0.15, 0.2) is 0 Å². The average molecular weight is 277 g/mol. The molecule has 0 spiro atoms. The van der Waals surface area contributed by atoms with E-state index < -0.39 is 11.7 Å². The molecule has 3 atom stereocenters. The van der Waals surface area contributed by atoms with Crippen molar-refractivity contribution in [2.24, 2.45) is 11.8 Å². The number of nitrogens with zero attached hydrogens (tertiary/aromatic N) is 1. The zero-order valence-corrected chi connectivity index (χ0v) is 12.5. The molecule has 1 aliphatic heterocycles. The Hall–Kier alpha value is -1.32. The van der Waals surface area contributed by atoms with Gasteiger partial charge < -0.3 is 4.74 Å². The van der Waals surface area contributed by atoms with E-state index in [1.807, 2.05) is 20.8 Å². The molecule has 2 amide bonds. The SMILES string of the molecule is CC(C)(C)OC(=O)N1C(=O)CC2CC3CCCC=C3C21. The van der Waals surface area contributed by atoms with Gasteiger partial charge in [-0.1, -0.05) is 6.08 Å². The molecule has 4 nitrogen and oxygen atoms in total. The fourth-order valence-corrected chi connectivity index (χ4v) is 3.91. The Morgan fingerprint density at radius 1 is 1.40 bits per heavy atom. The van der Waals surface area contributed by atoms with Gasteiger partial charge in [0.25, 0.3) is 0 Å². The predicted octanol–water partition coefficient (Wildman–Crippen LogP) is 3.27. The van der Waals surface area contributed by atoms with Crippen LogP contribution in [0.3, 0.4) is 0 Å². The van der Waals surface area contributed by atoms with Crippen molar-refractivity contribution in [3.05, 3.63) is 11.6 Å². The van der Waals surface area contributed by atoms with E-state index in [9.17, 15) is 9.59 Å². The number of ether oxygens (including phenoxy) is 1. The topological polar surface area (TPSA) is 46.6 Å². The van der Waals surface area contributed by atoms with Crippen LogP contribution in [-0.2, 0) is 9.53 Å². The molecular formula is C16H23NO3. The minimum atomic E-state index is -0.561. The van der Waals surface area contributed by atoms with Gasteiger partial charge in [-0.2, -0.15) is 0 Å². The van der Waals surface area contributed by atoms with E-state index >= 15 is 0 Å². The summed E-state index contributed by atoms with van der Waals surface area (Å²) in [6, 6.07) is -0.0253. The molecule has 1 heterocycles. The van der Waals surface area contributed by atoms with Crippen LogP contribution in [0.4, 0.5) is 4.79 Å². The summed E-state index contributed by atoms with van der Waals surface area (Å²) >= 11 is 0. The second-order valence-electron chi connectivity index (χ2n) is 7.22. The zero-order chi connectivity index (χ0) is 14.5. The third-order valence-corrected chi connectivity index (χ3v) is 4.56. The fraction of sp³-hybridized carbons (Fsp3) is 0.750. The molecule has 1 saturated carbocycles. The Morgan fingerprint density at radius 3 is 2.85 bits per heavy atom. The number of amides is 2. The second kappa shape index (κ2) is 4.61. The minimum absolute atomic E-state index is 0.0253. The number of hydrogen-bond acceptors (Lipinski definition) is 3. The lowest BCUT2D eigenvalue weighted by Crippen LogP contribution is -2.43. The van der Waals surface area contributed by atoms with E-state index in [1.54, 1.807) is 0 Å². The van der Waals surface area contributed by atoms with E-state index in [1.165, 1.54) is 23.3 Å². The van der Waals surface area contributed by atoms with Crippen LogP contribution in [0.5, 0.6) is 0 Å². The smallest absolute Gasteiger partial charge is 0.417 e. The molecule has 20 heavy (non-hydrogen) atoms. The van der Waals surface area contributed by atoms with Gasteiger partial charge in [-0.05, 0) is 63.9 Å². The average Bonchev–Trinajstić information content (AvgIpc) is 2.80. The van der Waals surface area contributed by atoms with Crippen molar-refractivity contribution in [3.8, 4) is 0 Å². The monoisotopic (exact) mass is 277 g/mol. The number of carbonyl (C=O) groups is 2. The van der Waals surface area contributed by atoms with Crippen LogP contribution in [0, 0.1) is 11.8 Å². The molecule has 0 aromatic rings. The van der Waals surface area contributed by atoms with Crippen molar-refractivity contribution >= 4 is 12.0 Å². The van der Waals surface area contributed by atoms with Crippen LogP contribution < -0.4 is 0 Å². The summed E-state index contributed by atoms with van der Waals surface area (Å²) in [6.45, 7) is 5.50. The third kappa shape index (κ3) is 2.25. The number of likely N-dealkylation sites (tertiary alicyclic amines) is 1. The first-order chi connectivity index (χ1) is 9.37. The van der Waals surface area contributed by atoms with Gasteiger partial charge in [-0.3, -0.25) is 4.79 Å². The normalized spacial score (nSPS) is 32.8. The summed E-state index contributed by atoms with van der Waals surface area (Å²) < 4.78 is 5.42. The molecule has 3 unspecified atom stereocenters. The molecule has 2 aliphatic carbocycles. The number of fused-ring (bicyclic) bond motifs is 3. The fourth-order valence-electron chi connectivity index (χ4n) is 3.91. The van der Waals surface area contributed by atoms with Crippen molar-refractivity contribution < 1.29 is 14.3 Å². The molecule has 3 rings (SSSR count). The predicted molar refractivity (Wildman–Crippen MR) is 75.0 cm³/mol. The molecule has 0 aromatic carbocycles. The number of allylic oxidation sites excluding steroid dienone is 1. The van der Waals surface area contributed by atoms with Crippen LogP contribution >= 0.6 is 0 Å². The lowest BCUT2D eigenvalue weighted by atomic mass is 9.89. The van der Waals surface area contributed by atoms with E-state index in [-0.39, 0.29) is 11.9 Å². The van der Waals surface area contributed by atoms with Crippen LogP contribution in [-0.4, -0.2) is 28.5 Å². The third-order valence-electron chi connectivity index (χ3n) is 4.56. The van der Waals surface area contributed by atoms with Crippen molar-refractivity contribution in [3.63, 3.8) is 0 Å². The van der Waals surface area contributed by atoms with Crippen LogP contribution in [0.15, 0.2) is 11.6 Å². The highest BCUT2D eigenvalue weighted by molar-refractivity contribution is 5.95. The largest absolute Gasteiger partial charge is 0.443 e. The van der Waals surface area contributed by atoms with Crippen molar-refractivity contribution in [1.29, 1.82) is 0 Å². The lowest BCUT2D eigenvalue weighted by molar-refractivity contribution is -0.127. The van der Waals surface area contributed by atoms with Crippen molar-refractivity contribution in [2.75, 3.05) is 0 Å². The number of carbonyl (C=O) groups excluding carboxylic acids is 2. The maximum Gasteiger partial charge on any atom is 0.417 e. The second-order valence-corrected chi connectivity index (χ2v) is 7.22. The molecule has 4 heteroatoms. The summed E-state index contributed by atoms with van der Waals surface area (Å²) in [6.07, 6.45) is 6.85. The van der Waals surface area contributed by atoms with Crippen LogP contribution in [0.2, 0.25) is 0 Å². The highest BCUT2D eigenvalue weighted by Crippen LogP contribution is 2.49. The highest BCUT2D eigenvalue weighted by atomic mass is 16.6. The van der Waals surface area contributed by atoms with Gasteiger partial charge in [0.1, 0.15) is 5.60 Å². The zero-order valence-electron chi connectivity index (χ0n) is 12.5. The molecule has 0 bridgehead atoms. The Labute approximate surface area is 120 Å². The Kier molecular flexibility index (Phi) is 3.14. The Balaban J connectivity index is 1.85. The molecule has 1 saturated heterocycles. The maximum absolute atomic E-state index is 12.3. The molecule has 0 aromatic heterocycles. The molecule has 110 valence electrons. The first-order valence-corrected chi connectivity index (χ1v) is 7.62. The van der Waals surface area contributed by atoms with Gasteiger partial charge in [-0.25, -0.2) is 9.69 Å². The number of hydrogen-bond donors (Lipinski definition) is 0. The van der Waals surface area contributed by atoms with Gasteiger partial charge in [-0.15, -0.1) is 0 Å². The summed E-state index contributed by atoms with van der Waals surface area (Å²) in [5.74, 6) is 0.820. The van der Waals surface area contributed by atoms with E-state index in [4.69, 9.17) is 4.74 Å². The van der Waals surface area contributed by atoms with Gasteiger partial charge in [0.05, 0.1) is 6.04 Å². The van der Waals surface area contributed by atoms with Gasteiger partial charge in [0.2, 0.25) is 5.91 Å². The van der Waals surface area contributed by atoms with Crippen molar-refractivity contribution in [2.45, 2.75) is 64.5 Å². The Bertz CT molecular complexity index is 475. The molecule has 3 aliphatic rings. The minimum Gasteiger partial charge on any atom is -0.443 e. The van der Waals surface area contributed by atoms with Gasteiger partial charge >= 0.3 is 6.09 Å². The van der Waals surface area contributed by atoms with Crippen molar-refractivity contribution in [1.82, 2.24) is 4.90 Å². The molecule has 0 N–H and O–H groups in total. The van der Waals surface area contributed by atoms with E-state index in [2.05, 4.69) is 6.08 Å². The van der Waals surface area contributed by atoms with Gasteiger partial charge in [0, 0.05) is 6.42 Å². The van der Waals surface area contributed by atoms with Crippen LogP contribution in [0.25, 0.3) is 0 Å². The quantitative estimate of drug-likeness (QED) is 0.638. The summed E-state index contributed by atoms with van der Waals surface area (Å²) in [5.41, 5.74) is 0.756. The first-order valence-electron chi connectivity index (χ1n) is 7.62. The number of rotatable bonds is 0. The van der Waals surface area contributed by atoms with E-state index in [0.717, 1.165) is 12.8 Å². The van der Waals surface area contributed by atoms with E-state index in [0.29, 0.717) is 18.3 Å².